The highest BCUT2D eigenvalue weighted by atomic mass is 16.3. The fraction of sp³-hybridized carbons (Fsp3) is 0. The zero-order chi connectivity index (χ0) is 37.5. The molecule has 0 fully saturated rings. The lowest BCUT2D eigenvalue weighted by Crippen LogP contribution is -2.07. The van der Waals surface area contributed by atoms with E-state index in [-0.39, 0.29) is 0 Å². The highest BCUT2D eigenvalue weighted by molar-refractivity contribution is 6.23. The van der Waals surface area contributed by atoms with Gasteiger partial charge in [-0.1, -0.05) is 146 Å². The largest absolute Gasteiger partial charge is 0.456 e. The maximum Gasteiger partial charge on any atom is 0.238 e. The van der Waals surface area contributed by atoms with E-state index in [1.807, 2.05) is 30.3 Å². The van der Waals surface area contributed by atoms with Crippen molar-refractivity contribution in [2.24, 2.45) is 0 Å². The van der Waals surface area contributed by atoms with Crippen LogP contribution in [-0.2, 0) is 0 Å². The van der Waals surface area contributed by atoms with Crippen molar-refractivity contribution in [3.63, 3.8) is 0 Å². The van der Waals surface area contributed by atoms with E-state index in [4.69, 9.17) is 19.4 Å². The van der Waals surface area contributed by atoms with Crippen molar-refractivity contribution in [2.75, 3.05) is 0 Å². The molecule has 0 unspecified atom stereocenters. The molecule has 6 nitrogen and oxygen atoms in total. The van der Waals surface area contributed by atoms with Crippen LogP contribution in [0.5, 0.6) is 0 Å². The summed E-state index contributed by atoms with van der Waals surface area (Å²) in [5, 5.41) is 6.73. The van der Waals surface area contributed by atoms with Gasteiger partial charge in [0.05, 0.1) is 22.1 Å². The number of hydrogen-bond acceptors (Lipinski definition) is 4. The third-order valence-corrected chi connectivity index (χ3v) is 11.2. The Bertz CT molecular complexity index is 3510. The van der Waals surface area contributed by atoms with Crippen LogP contribution < -0.4 is 0 Å². The van der Waals surface area contributed by atoms with Crippen molar-refractivity contribution in [3.05, 3.63) is 188 Å². The molecule has 0 aliphatic rings. The van der Waals surface area contributed by atoms with Gasteiger partial charge in [-0.25, -0.2) is 4.98 Å². The first-order valence-electron chi connectivity index (χ1n) is 19.1. The average Bonchev–Trinajstić information content (AvgIpc) is 3.94. The van der Waals surface area contributed by atoms with Crippen molar-refractivity contribution >= 4 is 65.6 Å². The molecular weight excluding hydrogens is 699 g/mol. The van der Waals surface area contributed by atoms with Gasteiger partial charge >= 0.3 is 0 Å². The predicted molar refractivity (Wildman–Crippen MR) is 232 cm³/mol. The van der Waals surface area contributed by atoms with Gasteiger partial charge in [-0.2, -0.15) is 9.97 Å². The Labute approximate surface area is 326 Å². The highest BCUT2D eigenvalue weighted by Crippen LogP contribution is 2.42. The molecule has 6 heteroatoms. The van der Waals surface area contributed by atoms with Crippen LogP contribution in [0.4, 0.5) is 0 Å². The summed E-state index contributed by atoms with van der Waals surface area (Å²) >= 11 is 0. The minimum atomic E-state index is 0.537. The summed E-state index contributed by atoms with van der Waals surface area (Å²) in [6.45, 7) is 0. The first-order chi connectivity index (χ1) is 28.3. The van der Waals surface area contributed by atoms with E-state index >= 15 is 0 Å². The third kappa shape index (κ3) is 4.87. The van der Waals surface area contributed by atoms with Crippen LogP contribution in [0.25, 0.3) is 111 Å². The van der Waals surface area contributed by atoms with E-state index < -0.39 is 0 Å². The van der Waals surface area contributed by atoms with E-state index in [0.717, 1.165) is 88.1 Å². The second kappa shape index (κ2) is 12.3. The molecule has 4 heterocycles. The van der Waals surface area contributed by atoms with Gasteiger partial charge in [0.25, 0.3) is 0 Å². The molecule has 0 spiro atoms. The van der Waals surface area contributed by atoms with Crippen LogP contribution in [0, 0.1) is 0 Å². The van der Waals surface area contributed by atoms with Crippen LogP contribution in [0.3, 0.4) is 0 Å². The lowest BCUT2D eigenvalue weighted by atomic mass is 10.0. The maximum atomic E-state index is 6.36. The molecule has 0 aliphatic carbocycles. The SMILES string of the molecule is c1ccc(-c2ccc(-c3nc(-c4ccc5c(c4)oc4ccccc45)nc(-n4c5ccccc5c5ccc6c7ccccc7n(-c7ccccc7)c6c54)n3)cc2)cc1. The van der Waals surface area contributed by atoms with Crippen molar-refractivity contribution < 1.29 is 4.42 Å². The summed E-state index contributed by atoms with van der Waals surface area (Å²) in [6, 6.07) is 65.6. The first kappa shape index (κ1) is 31.5. The molecule has 8 aromatic carbocycles. The molecule has 0 N–H and O–H groups in total. The molecule has 0 bridgehead atoms. The summed E-state index contributed by atoms with van der Waals surface area (Å²) in [4.78, 5) is 15.9. The number of para-hydroxylation sites is 4. The Kier molecular flexibility index (Phi) is 6.83. The number of benzene rings is 8. The lowest BCUT2D eigenvalue weighted by molar-refractivity contribution is 0.669. The zero-order valence-electron chi connectivity index (χ0n) is 30.5. The molecule has 266 valence electrons. The van der Waals surface area contributed by atoms with Crippen LogP contribution in [0.2, 0.25) is 0 Å². The van der Waals surface area contributed by atoms with Crippen molar-refractivity contribution in [1.29, 1.82) is 0 Å². The van der Waals surface area contributed by atoms with Gasteiger partial charge in [-0.05, 0) is 53.6 Å². The first-order valence-corrected chi connectivity index (χ1v) is 19.1. The van der Waals surface area contributed by atoms with Crippen LogP contribution in [0.15, 0.2) is 192 Å². The quantitative estimate of drug-likeness (QED) is 0.177. The van der Waals surface area contributed by atoms with Gasteiger partial charge < -0.3 is 8.98 Å². The molecule has 12 aromatic rings. The molecule has 0 aliphatic heterocycles. The smallest absolute Gasteiger partial charge is 0.238 e. The number of aromatic nitrogens is 5. The number of furan rings is 1. The second-order valence-corrected chi connectivity index (χ2v) is 14.4. The number of nitrogens with zero attached hydrogens (tertiary/aromatic N) is 5. The zero-order valence-corrected chi connectivity index (χ0v) is 30.5. The van der Waals surface area contributed by atoms with Crippen LogP contribution in [0.1, 0.15) is 0 Å². The minimum Gasteiger partial charge on any atom is -0.456 e. The molecular formula is C51H31N5O. The van der Waals surface area contributed by atoms with Crippen molar-refractivity contribution in [2.45, 2.75) is 0 Å². The molecule has 4 aromatic heterocycles. The van der Waals surface area contributed by atoms with E-state index in [2.05, 4.69) is 167 Å². The molecule has 12 rings (SSSR count). The molecule has 57 heavy (non-hydrogen) atoms. The summed E-state index contributed by atoms with van der Waals surface area (Å²) in [5.41, 5.74) is 11.0. The Hall–Kier alpha value is -7.83. The highest BCUT2D eigenvalue weighted by Gasteiger charge is 2.23. The maximum absolute atomic E-state index is 6.36. The Morgan fingerprint density at radius 3 is 1.54 bits per heavy atom. The van der Waals surface area contributed by atoms with Gasteiger partial charge in [0.2, 0.25) is 5.95 Å². The summed E-state index contributed by atoms with van der Waals surface area (Å²) in [6.07, 6.45) is 0. The van der Waals surface area contributed by atoms with Gasteiger partial charge in [0, 0.05) is 49.1 Å². The van der Waals surface area contributed by atoms with Gasteiger partial charge in [-0.15, -0.1) is 0 Å². The summed E-state index contributed by atoms with van der Waals surface area (Å²) in [7, 11) is 0. The van der Waals surface area contributed by atoms with Crippen molar-refractivity contribution in [1.82, 2.24) is 24.1 Å². The minimum absolute atomic E-state index is 0.537. The fourth-order valence-electron chi connectivity index (χ4n) is 8.58. The summed E-state index contributed by atoms with van der Waals surface area (Å²) < 4.78 is 11.0. The normalized spacial score (nSPS) is 11.9. The predicted octanol–water partition coefficient (Wildman–Crippen LogP) is 13.0. The topological polar surface area (TPSA) is 61.7 Å². The van der Waals surface area contributed by atoms with Crippen molar-refractivity contribution in [3.8, 4) is 45.5 Å². The van der Waals surface area contributed by atoms with Gasteiger partial charge in [0.15, 0.2) is 11.6 Å². The number of fused-ring (bicyclic) bond motifs is 10. The third-order valence-electron chi connectivity index (χ3n) is 11.2. The Morgan fingerprint density at radius 2 is 0.825 bits per heavy atom. The molecule has 0 radical (unpaired) electrons. The molecule has 0 amide bonds. The number of rotatable bonds is 5. The average molecular weight is 730 g/mol. The Balaban J connectivity index is 1.17. The summed E-state index contributed by atoms with van der Waals surface area (Å²) in [5.74, 6) is 1.68. The van der Waals surface area contributed by atoms with Crippen LogP contribution >= 0.6 is 0 Å². The molecule has 0 saturated heterocycles. The van der Waals surface area contributed by atoms with Crippen LogP contribution in [-0.4, -0.2) is 24.1 Å². The number of hydrogen-bond donors (Lipinski definition) is 0. The lowest BCUT2D eigenvalue weighted by Gasteiger charge is -2.13. The molecule has 0 atom stereocenters. The van der Waals surface area contributed by atoms with Gasteiger partial charge in [-0.3, -0.25) is 4.57 Å². The standard InChI is InChI=1S/C51H31N5O/c1-3-13-32(14-4-1)33-23-25-34(26-24-33)49-52-50(35-27-28-40-39-19-9-12-22-45(39)57-46(40)31-35)54-51(53-49)56-44-21-11-8-18-38(44)42-30-29-41-37-17-7-10-20-43(37)55(47(41)48(42)56)36-15-5-2-6-16-36/h1-31H. The second-order valence-electron chi connectivity index (χ2n) is 14.4. The molecule has 0 saturated carbocycles. The van der Waals surface area contributed by atoms with E-state index in [0.29, 0.717) is 17.6 Å². The van der Waals surface area contributed by atoms with Gasteiger partial charge in [0.1, 0.15) is 11.2 Å². The Morgan fingerprint density at radius 1 is 0.333 bits per heavy atom. The van der Waals surface area contributed by atoms with E-state index in [1.165, 1.54) is 5.39 Å². The fourth-order valence-corrected chi connectivity index (χ4v) is 8.58. The van der Waals surface area contributed by atoms with E-state index in [9.17, 15) is 0 Å². The van der Waals surface area contributed by atoms with E-state index in [1.54, 1.807) is 0 Å². The monoisotopic (exact) mass is 729 g/mol.